The highest BCUT2D eigenvalue weighted by atomic mass is 79.9. The molecule has 0 amide bonds. The minimum Gasteiger partial charge on any atom is -0.479 e. The first-order chi connectivity index (χ1) is 8.06. The number of rotatable bonds is 3. The summed E-state index contributed by atoms with van der Waals surface area (Å²) in [5.74, 6) is -0.407. The average molecular weight is 295 g/mol. The number of aliphatic carboxylic acids is 1. The molecular weight excluding hydrogens is 284 g/mol. The molecule has 0 unspecified atom stereocenters. The summed E-state index contributed by atoms with van der Waals surface area (Å²) in [6, 6.07) is 11.4. The number of carbonyl (C=O) groups is 1. The zero-order valence-corrected chi connectivity index (χ0v) is 10.8. The molecule has 88 valence electrons. The van der Waals surface area contributed by atoms with Crippen molar-refractivity contribution < 1.29 is 14.6 Å². The zero-order valence-electron chi connectivity index (χ0n) is 9.18. The van der Waals surface area contributed by atoms with Crippen LogP contribution in [0.5, 0.6) is 5.75 Å². The Hall–Kier alpha value is -1.55. The smallest absolute Gasteiger partial charge is 0.344 e. The van der Waals surface area contributed by atoms with Crippen molar-refractivity contribution in [2.24, 2.45) is 0 Å². The van der Waals surface area contributed by atoms with Crippen LogP contribution in [0.25, 0.3) is 10.8 Å². The summed E-state index contributed by atoms with van der Waals surface area (Å²) in [4.78, 5) is 10.7. The normalized spacial score (nSPS) is 12.4. The van der Waals surface area contributed by atoms with Crippen LogP contribution in [-0.4, -0.2) is 17.2 Å². The van der Waals surface area contributed by atoms with Crippen LogP contribution in [0.1, 0.15) is 6.92 Å². The van der Waals surface area contributed by atoms with Gasteiger partial charge in [-0.05, 0) is 42.0 Å². The molecule has 4 heteroatoms. The van der Waals surface area contributed by atoms with Crippen LogP contribution in [0.15, 0.2) is 40.9 Å². The summed E-state index contributed by atoms with van der Waals surface area (Å²) < 4.78 is 6.31. The molecule has 0 saturated carbocycles. The second-order valence-corrected chi connectivity index (χ2v) is 4.67. The fourth-order valence-electron chi connectivity index (χ4n) is 1.52. The highest BCUT2D eigenvalue weighted by Crippen LogP contribution is 2.24. The maximum absolute atomic E-state index is 10.7. The van der Waals surface area contributed by atoms with Crippen LogP contribution >= 0.6 is 15.9 Å². The maximum Gasteiger partial charge on any atom is 0.344 e. The number of carboxylic acid groups (broad SMARTS) is 1. The van der Waals surface area contributed by atoms with Crippen molar-refractivity contribution in [2.75, 3.05) is 0 Å². The molecule has 2 aromatic rings. The van der Waals surface area contributed by atoms with Gasteiger partial charge in [0.1, 0.15) is 5.75 Å². The van der Waals surface area contributed by atoms with E-state index in [4.69, 9.17) is 9.84 Å². The van der Waals surface area contributed by atoms with E-state index in [1.165, 1.54) is 6.92 Å². The Kier molecular flexibility index (Phi) is 3.33. The van der Waals surface area contributed by atoms with E-state index < -0.39 is 12.1 Å². The van der Waals surface area contributed by atoms with Crippen LogP contribution in [0.2, 0.25) is 0 Å². The van der Waals surface area contributed by atoms with Gasteiger partial charge in [0.05, 0.1) is 0 Å². The van der Waals surface area contributed by atoms with E-state index in [-0.39, 0.29) is 0 Å². The molecule has 0 fully saturated rings. The molecule has 0 spiro atoms. The quantitative estimate of drug-likeness (QED) is 0.943. The Balaban J connectivity index is 2.32. The number of halogens is 1. The van der Waals surface area contributed by atoms with Gasteiger partial charge in [0.15, 0.2) is 6.10 Å². The monoisotopic (exact) mass is 294 g/mol. The van der Waals surface area contributed by atoms with E-state index in [0.29, 0.717) is 5.75 Å². The van der Waals surface area contributed by atoms with Gasteiger partial charge in [-0.2, -0.15) is 0 Å². The van der Waals surface area contributed by atoms with Crippen molar-refractivity contribution in [3.63, 3.8) is 0 Å². The highest BCUT2D eigenvalue weighted by molar-refractivity contribution is 9.10. The lowest BCUT2D eigenvalue weighted by Crippen LogP contribution is -2.22. The van der Waals surface area contributed by atoms with E-state index in [1.807, 2.05) is 30.3 Å². The Bertz CT molecular complexity index is 566. The van der Waals surface area contributed by atoms with Gasteiger partial charge in [-0.1, -0.05) is 28.1 Å². The molecule has 0 aromatic heterocycles. The maximum atomic E-state index is 10.7. The molecule has 2 aromatic carbocycles. The van der Waals surface area contributed by atoms with Crippen LogP contribution < -0.4 is 4.74 Å². The first kappa shape index (κ1) is 11.9. The average Bonchev–Trinajstić information content (AvgIpc) is 2.29. The molecule has 1 N–H and O–H groups in total. The molecule has 17 heavy (non-hydrogen) atoms. The number of hydrogen-bond acceptors (Lipinski definition) is 2. The first-order valence-electron chi connectivity index (χ1n) is 5.15. The number of benzene rings is 2. The second-order valence-electron chi connectivity index (χ2n) is 3.75. The van der Waals surface area contributed by atoms with Gasteiger partial charge in [0.2, 0.25) is 0 Å². The summed E-state index contributed by atoms with van der Waals surface area (Å²) in [6.45, 7) is 1.51. The van der Waals surface area contributed by atoms with E-state index in [1.54, 1.807) is 6.07 Å². The van der Waals surface area contributed by atoms with E-state index >= 15 is 0 Å². The Morgan fingerprint density at radius 1 is 1.24 bits per heavy atom. The number of ether oxygens (including phenoxy) is 1. The first-order valence-corrected chi connectivity index (χ1v) is 5.94. The van der Waals surface area contributed by atoms with Crippen LogP contribution in [0.4, 0.5) is 0 Å². The van der Waals surface area contributed by atoms with Gasteiger partial charge in [-0.15, -0.1) is 0 Å². The molecule has 1 atom stereocenters. The molecule has 0 aliphatic carbocycles. The van der Waals surface area contributed by atoms with Crippen LogP contribution in [0.3, 0.4) is 0 Å². The topological polar surface area (TPSA) is 46.5 Å². The van der Waals surface area contributed by atoms with Gasteiger partial charge in [0.25, 0.3) is 0 Å². The fourth-order valence-corrected chi connectivity index (χ4v) is 1.90. The standard InChI is InChI=1S/C13H11BrO3/c1-8(13(15)16)17-12-5-3-9-6-11(14)4-2-10(9)7-12/h2-8H,1H3,(H,15,16)/t8-/m1/s1. The lowest BCUT2D eigenvalue weighted by molar-refractivity contribution is -0.144. The SMILES string of the molecule is C[C@@H](Oc1ccc2cc(Br)ccc2c1)C(=O)O. The Morgan fingerprint density at radius 2 is 1.88 bits per heavy atom. The van der Waals surface area contributed by atoms with Crippen molar-refractivity contribution in [3.05, 3.63) is 40.9 Å². The lowest BCUT2D eigenvalue weighted by atomic mass is 10.1. The third-order valence-corrected chi connectivity index (χ3v) is 2.93. The molecule has 0 aliphatic rings. The summed E-state index contributed by atoms with van der Waals surface area (Å²) in [6.07, 6.45) is -0.845. The minimum absolute atomic E-state index is 0.565. The van der Waals surface area contributed by atoms with Crippen molar-refractivity contribution in [1.29, 1.82) is 0 Å². The number of carboxylic acids is 1. The van der Waals surface area contributed by atoms with E-state index in [0.717, 1.165) is 15.2 Å². The van der Waals surface area contributed by atoms with E-state index in [2.05, 4.69) is 15.9 Å². The second kappa shape index (κ2) is 4.75. The van der Waals surface area contributed by atoms with Gasteiger partial charge in [-0.3, -0.25) is 0 Å². The van der Waals surface area contributed by atoms with Gasteiger partial charge < -0.3 is 9.84 Å². The Labute approximate surface area is 107 Å². The van der Waals surface area contributed by atoms with Gasteiger partial charge in [-0.25, -0.2) is 4.79 Å². The molecule has 0 saturated heterocycles. The third-order valence-electron chi connectivity index (χ3n) is 2.43. The highest BCUT2D eigenvalue weighted by Gasteiger charge is 2.12. The molecule has 3 nitrogen and oxygen atoms in total. The molecule has 0 bridgehead atoms. The Morgan fingerprint density at radius 3 is 2.59 bits per heavy atom. The molecule has 0 radical (unpaired) electrons. The van der Waals surface area contributed by atoms with Crippen molar-refractivity contribution in [2.45, 2.75) is 13.0 Å². The van der Waals surface area contributed by atoms with Crippen LogP contribution in [-0.2, 0) is 4.79 Å². The van der Waals surface area contributed by atoms with Crippen molar-refractivity contribution in [1.82, 2.24) is 0 Å². The third kappa shape index (κ3) is 2.77. The summed E-state index contributed by atoms with van der Waals surface area (Å²) in [5.41, 5.74) is 0. The zero-order chi connectivity index (χ0) is 12.4. The minimum atomic E-state index is -0.971. The summed E-state index contributed by atoms with van der Waals surface area (Å²) in [7, 11) is 0. The lowest BCUT2D eigenvalue weighted by Gasteiger charge is -2.10. The molecule has 0 aliphatic heterocycles. The van der Waals surface area contributed by atoms with Crippen molar-refractivity contribution in [3.8, 4) is 5.75 Å². The van der Waals surface area contributed by atoms with Gasteiger partial charge in [0, 0.05) is 4.47 Å². The summed E-state index contributed by atoms with van der Waals surface area (Å²) in [5, 5.41) is 10.9. The van der Waals surface area contributed by atoms with Gasteiger partial charge >= 0.3 is 5.97 Å². The van der Waals surface area contributed by atoms with Crippen molar-refractivity contribution >= 4 is 32.7 Å². The predicted octanol–water partition coefficient (Wildman–Crippen LogP) is 3.45. The fraction of sp³-hybridized carbons (Fsp3) is 0.154. The number of hydrogen-bond donors (Lipinski definition) is 1. The number of fused-ring (bicyclic) bond motifs is 1. The molecule has 0 heterocycles. The van der Waals surface area contributed by atoms with Crippen LogP contribution in [0, 0.1) is 0 Å². The largest absolute Gasteiger partial charge is 0.479 e. The molecular formula is C13H11BrO3. The predicted molar refractivity (Wildman–Crippen MR) is 69.4 cm³/mol. The summed E-state index contributed by atoms with van der Waals surface area (Å²) >= 11 is 3.40. The van der Waals surface area contributed by atoms with E-state index in [9.17, 15) is 4.79 Å². The molecule has 2 rings (SSSR count).